The fourth-order valence-corrected chi connectivity index (χ4v) is 3.38. The first-order valence-corrected chi connectivity index (χ1v) is 8.81. The number of amides is 1. The number of hydrogen-bond donors (Lipinski definition) is 2. The molecule has 26 heavy (non-hydrogen) atoms. The van der Waals surface area contributed by atoms with E-state index in [1.807, 2.05) is 0 Å². The van der Waals surface area contributed by atoms with Gasteiger partial charge in [-0.05, 0) is 40.2 Å². The van der Waals surface area contributed by atoms with Crippen LogP contribution in [-0.2, 0) is 0 Å². The molecule has 0 saturated carbocycles. The monoisotopic (exact) mass is 486 g/mol. The topological polar surface area (TPSA) is 89.4 Å². The smallest absolute Gasteiger partial charge is 0.271 e. The number of carbonyl (C=O) groups is 1. The lowest BCUT2D eigenvalue weighted by atomic mass is 10.1. The molecule has 0 aliphatic rings. The van der Waals surface area contributed by atoms with Crippen LogP contribution in [0.1, 0.15) is 15.9 Å². The Morgan fingerprint density at radius 2 is 1.69 bits per heavy atom. The predicted molar refractivity (Wildman–Crippen MR) is 105 cm³/mol. The molecule has 0 saturated heterocycles. The third-order valence-corrected chi connectivity index (χ3v) is 4.42. The Labute approximate surface area is 167 Å². The number of phenols is 1. The van der Waals surface area contributed by atoms with Crippen molar-refractivity contribution in [3.8, 4) is 23.0 Å². The molecule has 0 heterocycles. The fraction of sp³-hybridized carbons (Fsp3) is 0.176. The highest BCUT2D eigenvalue weighted by molar-refractivity contribution is 9.11. The number of nitrogens with zero attached hydrogens (tertiary/aromatic N) is 1. The molecule has 2 aromatic rings. The van der Waals surface area contributed by atoms with Crippen molar-refractivity contribution < 1.29 is 24.1 Å². The van der Waals surface area contributed by atoms with Crippen molar-refractivity contribution >= 4 is 44.0 Å². The minimum Gasteiger partial charge on any atom is -0.506 e. The van der Waals surface area contributed by atoms with E-state index in [9.17, 15) is 9.90 Å². The molecule has 0 aliphatic heterocycles. The van der Waals surface area contributed by atoms with Gasteiger partial charge < -0.3 is 19.3 Å². The SMILES string of the molecule is COc1cc(C(=O)N/N=C/c2cc(Br)cc(Br)c2O)cc(OC)c1OC. The maximum atomic E-state index is 12.3. The molecule has 0 aliphatic carbocycles. The number of benzene rings is 2. The summed E-state index contributed by atoms with van der Waals surface area (Å²) < 4.78 is 16.9. The quantitative estimate of drug-likeness (QED) is 0.479. The molecule has 2 N–H and O–H groups in total. The molecule has 0 atom stereocenters. The summed E-state index contributed by atoms with van der Waals surface area (Å²) in [7, 11) is 4.41. The maximum absolute atomic E-state index is 12.3. The molecule has 2 rings (SSSR count). The zero-order valence-electron chi connectivity index (χ0n) is 14.2. The van der Waals surface area contributed by atoms with Gasteiger partial charge in [0.1, 0.15) is 5.75 Å². The first-order chi connectivity index (χ1) is 12.4. The van der Waals surface area contributed by atoms with Gasteiger partial charge in [-0.25, -0.2) is 5.43 Å². The predicted octanol–water partition coefficient (Wildman–Crippen LogP) is 3.71. The zero-order valence-corrected chi connectivity index (χ0v) is 17.3. The summed E-state index contributed by atoms with van der Waals surface area (Å²) in [6.07, 6.45) is 1.33. The zero-order chi connectivity index (χ0) is 19.3. The van der Waals surface area contributed by atoms with Gasteiger partial charge in [0, 0.05) is 15.6 Å². The highest BCUT2D eigenvalue weighted by Gasteiger charge is 2.16. The Bertz CT molecular complexity index is 830. The molecule has 2 aromatic carbocycles. The number of hydrazone groups is 1. The van der Waals surface area contributed by atoms with Crippen LogP contribution in [-0.4, -0.2) is 38.6 Å². The maximum Gasteiger partial charge on any atom is 0.271 e. The van der Waals surface area contributed by atoms with Gasteiger partial charge in [-0.3, -0.25) is 4.79 Å². The highest BCUT2D eigenvalue weighted by Crippen LogP contribution is 2.38. The van der Waals surface area contributed by atoms with E-state index in [-0.39, 0.29) is 11.3 Å². The number of nitrogens with one attached hydrogen (secondary N) is 1. The van der Waals surface area contributed by atoms with E-state index in [2.05, 4.69) is 42.4 Å². The van der Waals surface area contributed by atoms with Crippen molar-refractivity contribution in [2.24, 2.45) is 5.10 Å². The van der Waals surface area contributed by atoms with Crippen LogP contribution in [0.5, 0.6) is 23.0 Å². The average molecular weight is 488 g/mol. The van der Waals surface area contributed by atoms with E-state index >= 15 is 0 Å². The normalized spacial score (nSPS) is 10.7. The minimum absolute atomic E-state index is 0.0129. The summed E-state index contributed by atoms with van der Waals surface area (Å²) in [5.74, 6) is 0.635. The summed E-state index contributed by atoms with van der Waals surface area (Å²) >= 11 is 6.55. The number of methoxy groups -OCH3 is 3. The number of carbonyl (C=O) groups excluding carboxylic acids is 1. The van der Waals surface area contributed by atoms with Crippen molar-refractivity contribution in [3.05, 3.63) is 44.3 Å². The van der Waals surface area contributed by atoms with Crippen LogP contribution in [0.15, 0.2) is 38.3 Å². The third-order valence-electron chi connectivity index (χ3n) is 3.35. The molecule has 1 amide bonds. The lowest BCUT2D eigenvalue weighted by Gasteiger charge is -2.13. The Morgan fingerprint density at radius 3 is 2.23 bits per heavy atom. The fourth-order valence-electron chi connectivity index (χ4n) is 2.12. The highest BCUT2D eigenvalue weighted by atomic mass is 79.9. The van der Waals surface area contributed by atoms with Gasteiger partial charge in [-0.15, -0.1) is 0 Å². The van der Waals surface area contributed by atoms with Crippen molar-refractivity contribution in [2.75, 3.05) is 21.3 Å². The molecule has 0 aromatic heterocycles. The van der Waals surface area contributed by atoms with Crippen molar-refractivity contribution in [1.29, 1.82) is 0 Å². The number of hydrogen-bond acceptors (Lipinski definition) is 6. The van der Waals surface area contributed by atoms with Gasteiger partial charge >= 0.3 is 0 Å². The Hall–Kier alpha value is -2.26. The first-order valence-electron chi connectivity index (χ1n) is 7.22. The van der Waals surface area contributed by atoms with E-state index in [1.165, 1.54) is 39.7 Å². The first kappa shape index (κ1) is 20.1. The molecule has 0 fully saturated rings. The Balaban J connectivity index is 2.23. The van der Waals surface area contributed by atoms with Gasteiger partial charge in [0.05, 0.1) is 32.0 Å². The number of halogens is 2. The summed E-state index contributed by atoms with van der Waals surface area (Å²) in [6, 6.07) is 6.38. The number of aromatic hydroxyl groups is 1. The van der Waals surface area contributed by atoms with Crippen molar-refractivity contribution in [2.45, 2.75) is 0 Å². The van der Waals surface area contributed by atoms with Crippen LogP contribution in [0.3, 0.4) is 0 Å². The molecule has 0 spiro atoms. The Kier molecular flexibility index (Phi) is 6.87. The van der Waals surface area contributed by atoms with Crippen LogP contribution >= 0.6 is 31.9 Å². The summed E-state index contributed by atoms with van der Waals surface area (Å²) in [6.45, 7) is 0. The van der Waals surface area contributed by atoms with Crippen molar-refractivity contribution in [1.82, 2.24) is 5.43 Å². The van der Waals surface area contributed by atoms with E-state index in [0.29, 0.717) is 27.3 Å². The summed E-state index contributed by atoms with van der Waals surface area (Å²) in [4.78, 5) is 12.3. The lowest BCUT2D eigenvalue weighted by molar-refractivity contribution is 0.0954. The van der Waals surface area contributed by atoms with E-state index in [4.69, 9.17) is 14.2 Å². The van der Waals surface area contributed by atoms with Crippen LogP contribution < -0.4 is 19.6 Å². The van der Waals surface area contributed by atoms with Crippen molar-refractivity contribution in [3.63, 3.8) is 0 Å². The van der Waals surface area contributed by atoms with E-state index in [0.717, 1.165) is 4.47 Å². The van der Waals surface area contributed by atoms with Gasteiger partial charge in [0.15, 0.2) is 11.5 Å². The molecule has 138 valence electrons. The molecular formula is C17H16Br2N2O5. The van der Waals surface area contributed by atoms with Gasteiger partial charge in [0.25, 0.3) is 5.91 Å². The van der Waals surface area contributed by atoms with Crippen LogP contribution in [0.2, 0.25) is 0 Å². The lowest BCUT2D eigenvalue weighted by Crippen LogP contribution is -2.18. The van der Waals surface area contributed by atoms with E-state index < -0.39 is 5.91 Å². The van der Waals surface area contributed by atoms with Crippen LogP contribution in [0.25, 0.3) is 0 Å². The van der Waals surface area contributed by atoms with Gasteiger partial charge in [-0.1, -0.05) is 15.9 Å². The van der Waals surface area contributed by atoms with Gasteiger partial charge in [0.2, 0.25) is 5.75 Å². The van der Waals surface area contributed by atoms with E-state index in [1.54, 1.807) is 12.1 Å². The summed E-state index contributed by atoms with van der Waals surface area (Å²) in [5, 5.41) is 13.9. The largest absolute Gasteiger partial charge is 0.506 e. The number of phenolic OH excluding ortho intramolecular Hbond substituents is 1. The third kappa shape index (κ3) is 4.47. The second-order valence-electron chi connectivity index (χ2n) is 4.94. The number of ether oxygens (including phenoxy) is 3. The second-order valence-corrected chi connectivity index (χ2v) is 6.71. The Morgan fingerprint density at radius 1 is 1.08 bits per heavy atom. The molecular weight excluding hydrogens is 472 g/mol. The molecule has 0 radical (unpaired) electrons. The summed E-state index contributed by atoms with van der Waals surface area (Å²) in [5.41, 5.74) is 3.09. The van der Waals surface area contributed by atoms with Gasteiger partial charge in [-0.2, -0.15) is 5.10 Å². The number of rotatable bonds is 6. The van der Waals surface area contributed by atoms with Crippen LogP contribution in [0, 0.1) is 0 Å². The standard InChI is InChI=1S/C17H16Br2N2O5/c1-24-13-5-9(6-14(25-2)16(13)26-3)17(23)21-20-8-10-4-11(18)7-12(19)15(10)22/h4-8,22H,1-3H3,(H,21,23)/b20-8+. The molecule has 0 bridgehead atoms. The average Bonchev–Trinajstić information content (AvgIpc) is 2.63. The molecule has 7 nitrogen and oxygen atoms in total. The molecule has 0 unspecified atom stereocenters. The molecule has 9 heteroatoms. The van der Waals surface area contributed by atoms with Crippen LogP contribution in [0.4, 0.5) is 0 Å². The second kappa shape index (κ2) is 8.91. The minimum atomic E-state index is -0.478.